The van der Waals surface area contributed by atoms with Crippen molar-refractivity contribution in [3.8, 4) is 5.75 Å². The first-order valence-corrected chi connectivity index (χ1v) is 9.05. The van der Waals surface area contributed by atoms with Crippen molar-refractivity contribution in [2.75, 3.05) is 17.1 Å². The largest absolute Gasteiger partial charge is 0.492 e. The fraction of sp³-hybridized carbons (Fsp3) is 0.111. The third kappa shape index (κ3) is 4.02. The lowest BCUT2D eigenvalue weighted by Gasteiger charge is -2.11. The standard InChI is InChI=1S/C18H16FNO3S/c19-15-8-10-16(11-9-15)23-12-13-24(21,22)20-18-7-3-5-14-4-1-2-6-17(14)18/h1-11,20H,12-13H2. The van der Waals surface area contributed by atoms with Crippen molar-refractivity contribution in [3.05, 3.63) is 72.5 Å². The SMILES string of the molecule is O=S(=O)(CCOc1ccc(F)cc1)Nc1cccc2ccccc12. The Morgan fingerprint density at radius 2 is 1.62 bits per heavy atom. The van der Waals surface area contributed by atoms with Crippen LogP contribution in [0.5, 0.6) is 5.75 Å². The van der Waals surface area contributed by atoms with Crippen LogP contribution in [0.1, 0.15) is 0 Å². The Morgan fingerprint density at radius 3 is 2.42 bits per heavy atom. The highest BCUT2D eigenvalue weighted by Crippen LogP contribution is 2.23. The molecule has 0 aliphatic heterocycles. The number of sulfonamides is 1. The predicted molar refractivity (Wildman–Crippen MR) is 93.3 cm³/mol. The number of halogens is 1. The van der Waals surface area contributed by atoms with Gasteiger partial charge >= 0.3 is 0 Å². The van der Waals surface area contributed by atoms with Gasteiger partial charge in [-0.15, -0.1) is 0 Å². The lowest BCUT2D eigenvalue weighted by molar-refractivity contribution is 0.340. The summed E-state index contributed by atoms with van der Waals surface area (Å²) in [5.41, 5.74) is 0.537. The number of anilines is 1. The van der Waals surface area contributed by atoms with Gasteiger partial charge in [0.15, 0.2) is 0 Å². The summed E-state index contributed by atoms with van der Waals surface area (Å²) < 4.78 is 45.2. The normalized spacial score (nSPS) is 11.4. The third-order valence-electron chi connectivity index (χ3n) is 3.49. The molecule has 6 heteroatoms. The molecule has 0 atom stereocenters. The lowest BCUT2D eigenvalue weighted by Crippen LogP contribution is -2.21. The molecular weight excluding hydrogens is 329 g/mol. The highest BCUT2D eigenvalue weighted by Gasteiger charge is 2.12. The van der Waals surface area contributed by atoms with Crippen molar-refractivity contribution in [2.45, 2.75) is 0 Å². The molecule has 1 N–H and O–H groups in total. The molecule has 0 bridgehead atoms. The molecule has 0 unspecified atom stereocenters. The molecule has 0 aliphatic rings. The quantitative estimate of drug-likeness (QED) is 0.739. The van der Waals surface area contributed by atoms with Gasteiger partial charge in [-0.25, -0.2) is 12.8 Å². The Hall–Kier alpha value is -2.60. The van der Waals surface area contributed by atoms with Crippen LogP contribution >= 0.6 is 0 Å². The number of fused-ring (bicyclic) bond motifs is 1. The van der Waals surface area contributed by atoms with Crippen LogP contribution in [0.25, 0.3) is 10.8 Å². The summed E-state index contributed by atoms with van der Waals surface area (Å²) in [4.78, 5) is 0. The Balaban J connectivity index is 1.66. The topological polar surface area (TPSA) is 55.4 Å². The van der Waals surface area contributed by atoms with Crippen LogP contribution in [0, 0.1) is 5.82 Å². The van der Waals surface area contributed by atoms with Crippen LogP contribution in [0.3, 0.4) is 0 Å². The molecule has 0 amide bonds. The summed E-state index contributed by atoms with van der Waals surface area (Å²) in [7, 11) is -3.55. The van der Waals surface area contributed by atoms with Crippen LogP contribution in [-0.4, -0.2) is 20.8 Å². The van der Waals surface area contributed by atoms with Gasteiger partial charge in [-0.3, -0.25) is 4.72 Å². The molecule has 3 rings (SSSR count). The average molecular weight is 345 g/mol. The Morgan fingerprint density at radius 1 is 0.917 bits per heavy atom. The molecule has 24 heavy (non-hydrogen) atoms. The van der Waals surface area contributed by atoms with Gasteiger partial charge in [-0.2, -0.15) is 0 Å². The molecule has 0 radical (unpaired) electrons. The maximum atomic E-state index is 12.8. The van der Waals surface area contributed by atoms with E-state index in [-0.39, 0.29) is 18.2 Å². The van der Waals surface area contributed by atoms with Gasteiger partial charge in [0.05, 0.1) is 5.69 Å². The van der Waals surface area contributed by atoms with Crippen LogP contribution in [0.15, 0.2) is 66.7 Å². The van der Waals surface area contributed by atoms with Gasteiger partial charge in [-0.1, -0.05) is 36.4 Å². The van der Waals surface area contributed by atoms with Gasteiger partial charge in [0, 0.05) is 5.39 Å². The molecule has 3 aromatic carbocycles. The van der Waals surface area contributed by atoms with Gasteiger partial charge in [0.2, 0.25) is 10.0 Å². The van der Waals surface area contributed by atoms with Gasteiger partial charge in [0.1, 0.15) is 23.9 Å². The fourth-order valence-corrected chi connectivity index (χ4v) is 3.25. The van der Waals surface area contributed by atoms with E-state index in [0.717, 1.165) is 10.8 Å². The van der Waals surface area contributed by atoms with Crippen molar-refractivity contribution in [3.63, 3.8) is 0 Å². The first-order chi connectivity index (χ1) is 11.5. The summed E-state index contributed by atoms with van der Waals surface area (Å²) >= 11 is 0. The molecular formula is C18H16FNO3S. The maximum Gasteiger partial charge on any atom is 0.236 e. The van der Waals surface area contributed by atoms with Crippen LogP contribution < -0.4 is 9.46 Å². The smallest absolute Gasteiger partial charge is 0.236 e. The molecule has 0 spiro atoms. The summed E-state index contributed by atoms with van der Waals surface area (Å²) in [6.07, 6.45) is 0. The number of nitrogens with one attached hydrogen (secondary N) is 1. The van der Waals surface area contributed by atoms with Gasteiger partial charge in [-0.05, 0) is 35.7 Å². The average Bonchev–Trinajstić information content (AvgIpc) is 2.57. The van der Waals surface area contributed by atoms with E-state index in [1.165, 1.54) is 24.3 Å². The van der Waals surface area contributed by atoms with E-state index in [9.17, 15) is 12.8 Å². The molecule has 0 fully saturated rings. The maximum absolute atomic E-state index is 12.8. The summed E-state index contributed by atoms with van der Waals surface area (Å²) in [6, 6.07) is 18.4. The third-order valence-corrected chi connectivity index (χ3v) is 4.72. The summed E-state index contributed by atoms with van der Waals surface area (Å²) in [6.45, 7) is -0.0221. The highest BCUT2D eigenvalue weighted by molar-refractivity contribution is 7.92. The van der Waals surface area contributed by atoms with Crippen molar-refractivity contribution in [2.24, 2.45) is 0 Å². The zero-order valence-electron chi connectivity index (χ0n) is 12.8. The minimum absolute atomic E-state index is 0.0221. The second kappa shape index (κ2) is 6.88. The first kappa shape index (κ1) is 16.3. The van der Waals surface area contributed by atoms with Crippen molar-refractivity contribution < 1.29 is 17.5 Å². The Bertz CT molecular complexity index is 935. The zero-order valence-corrected chi connectivity index (χ0v) is 13.6. The summed E-state index contributed by atoms with van der Waals surface area (Å²) in [5, 5.41) is 1.79. The van der Waals surface area contributed by atoms with Crippen LogP contribution in [-0.2, 0) is 10.0 Å². The molecule has 0 saturated heterocycles. The van der Waals surface area contributed by atoms with E-state index in [1.54, 1.807) is 12.1 Å². The number of ether oxygens (including phenoxy) is 1. The van der Waals surface area contributed by atoms with Gasteiger partial charge in [0.25, 0.3) is 0 Å². The summed E-state index contributed by atoms with van der Waals surface area (Å²) in [5.74, 6) is -0.141. The number of rotatable bonds is 6. The number of benzene rings is 3. The van der Waals surface area contributed by atoms with E-state index >= 15 is 0 Å². The molecule has 124 valence electrons. The van der Waals surface area contributed by atoms with Crippen LogP contribution in [0.4, 0.5) is 10.1 Å². The van der Waals surface area contributed by atoms with E-state index in [1.807, 2.05) is 30.3 Å². The van der Waals surface area contributed by atoms with Gasteiger partial charge < -0.3 is 4.74 Å². The first-order valence-electron chi connectivity index (χ1n) is 7.40. The molecule has 0 aliphatic carbocycles. The lowest BCUT2D eigenvalue weighted by atomic mass is 10.1. The van der Waals surface area contributed by atoms with E-state index in [4.69, 9.17) is 4.74 Å². The predicted octanol–water partition coefficient (Wildman–Crippen LogP) is 3.80. The number of hydrogen-bond acceptors (Lipinski definition) is 3. The van der Waals surface area contributed by atoms with Crippen molar-refractivity contribution in [1.29, 1.82) is 0 Å². The molecule has 3 aromatic rings. The van der Waals surface area contributed by atoms with Crippen LogP contribution in [0.2, 0.25) is 0 Å². The zero-order chi connectivity index (χ0) is 17.0. The number of hydrogen-bond donors (Lipinski definition) is 1. The monoisotopic (exact) mass is 345 g/mol. The highest BCUT2D eigenvalue weighted by atomic mass is 32.2. The van der Waals surface area contributed by atoms with E-state index < -0.39 is 10.0 Å². The van der Waals surface area contributed by atoms with Crippen molar-refractivity contribution >= 4 is 26.5 Å². The van der Waals surface area contributed by atoms with E-state index in [2.05, 4.69) is 4.72 Å². The molecule has 4 nitrogen and oxygen atoms in total. The fourth-order valence-electron chi connectivity index (χ4n) is 2.33. The van der Waals surface area contributed by atoms with E-state index in [0.29, 0.717) is 11.4 Å². The minimum Gasteiger partial charge on any atom is -0.492 e. The minimum atomic E-state index is -3.55. The molecule has 0 heterocycles. The molecule has 0 saturated carbocycles. The second-order valence-electron chi connectivity index (χ2n) is 5.25. The Kier molecular flexibility index (Phi) is 4.66. The second-order valence-corrected chi connectivity index (χ2v) is 7.09. The Labute approximate surface area is 139 Å². The molecule has 0 aromatic heterocycles. The van der Waals surface area contributed by atoms with Crippen molar-refractivity contribution in [1.82, 2.24) is 0 Å².